The Morgan fingerprint density at radius 2 is 1.33 bits per heavy atom. The molecule has 1 heterocycles. The van der Waals surface area contributed by atoms with E-state index in [1.54, 1.807) is 0 Å². The highest BCUT2D eigenvalue weighted by atomic mass is 16.5. The molecule has 0 saturated carbocycles. The molecule has 1 fully saturated rings. The molecular weight excluding hydrogens is 156 g/mol. The highest BCUT2D eigenvalue weighted by Crippen LogP contribution is 1.91. The fourth-order valence-electron chi connectivity index (χ4n) is 1.02. The Kier molecular flexibility index (Phi) is 4.53. The van der Waals surface area contributed by atoms with Crippen molar-refractivity contribution in [3.05, 3.63) is 0 Å². The molecule has 1 aliphatic heterocycles. The summed E-state index contributed by atoms with van der Waals surface area (Å²) in [5.41, 5.74) is 0. The van der Waals surface area contributed by atoms with Gasteiger partial charge in [-0.2, -0.15) is 0 Å². The second kappa shape index (κ2) is 5.48. The van der Waals surface area contributed by atoms with Gasteiger partial charge in [-0.1, -0.05) is 0 Å². The summed E-state index contributed by atoms with van der Waals surface area (Å²) in [6.07, 6.45) is 0. The van der Waals surface area contributed by atoms with E-state index in [1.165, 1.54) is 0 Å². The zero-order valence-corrected chi connectivity index (χ0v) is 7.95. The highest BCUT2D eigenvalue weighted by Gasteiger charge is 2.03. The number of likely N-dealkylation sites (N-methyl/N-ethyl adjacent to an activating group) is 2. The van der Waals surface area contributed by atoms with Crippen LogP contribution in [-0.4, -0.2) is 63.7 Å². The summed E-state index contributed by atoms with van der Waals surface area (Å²) < 4.78 is 10.8. The van der Waals surface area contributed by atoms with Gasteiger partial charge in [-0.15, -0.1) is 0 Å². The Morgan fingerprint density at radius 1 is 0.833 bits per heavy atom. The quantitative estimate of drug-likeness (QED) is 0.508. The van der Waals surface area contributed by atoms with E-state index >= 15 is 0 Å². The third-order valence-corrected chi connectivity index (χ3v) is 1.86. The Bertz CT molecular complexity index is 110. The molecule has 0 aromatic carbocycles. The lowest BCUT2D eigenvalue weighted by atomic mass is 10.6. The summed E-state index contributed by atoms with van der Waals surface area (Å²) >= 11 is 0. The average molecular weight is 174 g/mol. The summed E-state index contributed by atoms with van der Waals surface area (Å²) in [4.78, 5) is 4.22. The van der Waals surface area contributed by atoms with Crippen LogP contribution in [0.15, 0.2) is 0 Å². The van der Waals surface area contributed by atoms with Crippen LogP contribution in [0.1, 0.15) is 0 Å². The van der Waals surface area contributed by atoms with Crippen LogP contribution < -0.4 is 0 Å². The van der Waals surface area contributed by atoms with Crippen molar-refractivity contribution in [1.82, 2.24) is 9.80 Å². The first-order valence-corrected chi connectivity index (χ1v) is 4.31. The van der Waals surface area contributed by atoms with Crippen molar-refractivity contribution in [3.8, 4) is 0 Å². The Morgan fingerprint density at radius 3 is 1.83 bits per heavy atom. The molecular formula is C8H18N2O2. The molecule has 1 saturated heterocycles. The van der Waals surface area contributed by atoms with Crippen molar-refractivity contribution in [2.45, 2.75) is 0 Å². The van der Waals surface area contributed by atoms with Gasteiger partial charge in [-0.25, -0.2) is 0 Å². The monoisotopic (exact) mass is 174 g/mol. The van der Waals surface area contributed by atoms with Crippen LogP contribution in [0.3, 0.4) is 0 Å². The maximum absolute atomic E-state index is 5.43. The third kappa shape index (κ3) is 4.01. The lowest BCUT2D eigenvalue weighted by molar-refractivity contribution is -0.0428. The highest BCUT2D eigenvalue weighted by molar-refractivity contribution is 4.49. The van der Waals surface area contributed by atoms with Crippen LogP contribution in [0, 0.1) is 0 Å². The standard InChI is InChI=1S/C8H18N2O2/c1-9-3-5-11-6-4-10(2)8-12-7-9/h3-8H2,1-2H3. The van der Waals surface area contributed by atoms with Gasteiger partial charge in [-0.3, -0.25) is 9.80 Å². The Hall–Kier alpha value is -0.160. The maximum Gasteiger partial charge on any atom is 0.101 e. The van der Waals surface area contributed by atoms with Crippen LogP contribution in [0.25, 0.3) is 0 Å². The van der Waals surface area contributed by atoms with E-state index in [1.807, 2.05) is 14.1 Å². The molecule has 1 rings (SSSR count). The summed E-state index contributed by atoms with van der Waals surface area (Å²) in [6, 6.07) is 0. The van der Waals surface area contributed by atoms with Gasteiger partial charge in [0.05, 0.1) is 13.2 Å². The Labute approximate surface area is 74.0 Å². The predicted octanol–water partition coefficient (Wildman–Crippen LogP) is -0.188. The lowest BCUT2D eigenvalue weighted by Crippen LogP contribution is -2.34. The maximum atomic E-state index is 5.43. The molecule has 0 atom stereocenters. The fraction of sp³-hybridized carbons (Fsp3) is 1.00. The molecule has 1 aliphatic rings. The lowest BCUT2D eigenvalue weighted by Gasteiger charge is -2.23. The zero-order chi connectivity index (χ0) is 8.81. The van der Waals surface area contributed by atoms with Crippen LogP contribution in [0.2, 0.25) is 0 Å². The first kappa shape index (κ1) is 9.92. The first-order chi connectivity index (χ1) is 5.79. The Balaban J connectivity index is 2.21. The van der Waals surface area contributed by atoms with E-state index in [0.29, 0.717) is 13.5 Å². The van der Waals surface area contributed by atoms with Gasteiger partial charge in [0.25, 0.3) is 0 Å². The molecule has 72 valence electrons. The zero-order valence-electron chi connectivity index (χ0n) is 7.95. The second-order valence-corrected chi connectivity index (χ2v) is 3.23. The minimum atomic E-state index is 0.688. The number of ether oxygens (including phenoxy) is 2. The minimum absolute atomic E-state index is 0.688. The molecule has 0 aromatic rings. The summed E-state index contributed by atoms with van der Waals surface area (Å²) in [6.45, 7) is 4.87. The first-order valence-electron chi connectivity index (χ1n) is 4.31. The minimum Gasteiger partial charge on any atom is -0.379 e. The molecule has 0 spiro atoms. The summed E-state index contributed by atoms with van der Waals surface area (Å²) in [5.74, 6) is 0. The molecule has 0 bridgehead atoms. The summed E-state index contributed by atoms with van der Waals surface area (Å²) in [7, 11) is 4.07. The molecule has 0 radical (unpaired) electrons. The van der Waals surface area contributed by atoms with Gasteiger partial charge in [0.1, 0.15) is 13.5 Å². The van der Waals surface area contributed by atoms with Crippen LogP contribution in [0.5, 0.6) is 0 Å². The molecule has 0 amide bonds. The van der Waals surface area contributed by atoms with Crippen molar-refractivity contribution >= 4 is 0 Å². The van der Waals surface area contributed by atoms with Crippen molar-refractivity contribution in [2.75, 3.05) is 53.9 Å². The molecule has 0 unspecified atom stereocenters. The number of rotatable bonds is 0. The molecule has 4 nitrogen and oxygen atoms in total. The fourth-order valence-corrected chi connectivity index (χ4v) is 1.02. The number of hydrogen-bond donors (Lipinski definition) is 0. The van der Waals surface area contributed by atoms with E-state index in [-0.39, 0.29) is 0 Å². The molecule has 0 aromatic heterocycles. The van der Waals surface area contributed by atoms with Crippen molar-refractivity contribution < 1.29 is 9.47 Å². The molecule has 0 N–H and O–H groups in total. The van der Waals surface area contributed by atoms with Gasteiger partial charge in [0.2, 0.25) is 0 Å². The van der Waals surface area contributed by atoms with E-state index < -0.39 is 0 Å². The van der Waals surface area contributed by atoms with E-state index in [9.17, 15) is 0 Å². The molecule has 12 heavy (non-hydrogen) atoms. The van der Waals surface area contributed by atoms with Crippen molar-refractivity contribution in [1.29, 1.82) is 0 Å². The van der Waals surface area contributed by atoms with E-state index in [0.717, 1.165) is 26.3 Å². The van der Waals surface area contributed by atoms with Gasteiger partial charge in [0.15, 0.2) is 0 Å². The van der Waals surface area contributed by atoms with Crippen molar-refractivity contribution in [3.63, 3.8) is 0 Å². The SMILES string of the molecule is CN1CCOCCN(C)COC1. The largest absolute Gasteiger partial charge is 0.379 e. The number of nitrogens with zero attached hydrogens (tertiary/aromatic N) is 2. The van der Waals surface area contributed by atoms with Crippen LogP contribution in [0.4, 0.5) is 0 Å². The number of hydrogen-bond acceptors (Lipinski definition) is 4. The van der Waals surface area contributed by atoms with E-state index in [2.05, 4.69) is 9.80 Å². The summed E-state index contributed by atoms with van der Waals surface area (Å²) in [5, 5.41) is 0. The predicted molar refractivity (Wildman–Crippen MR) is 46.9 cm³/mol. The molecule has 4 heteroatoms. The van der Waals surface area contributed by atoms with Gasteiger partial charge in [0, 0.05) is 13.1 Å². The van der Waals surface area contributed by atoms with Crippen LogP contribution >= 0.6 is 0 Å². The third-order valence-electron chi connectivity index (χ3n) is 1.86. The van der Waals surface area contributed by atoms with Crippen molar-refractivity contribution in [2.24, 2.45) is 0 Å². The smallest absolute Gasteiger partial charge is 0.101 e. The van der Waals surface area contributed by atoms with E-state index in [4.69, 9.17) is 9.47 Å². The van der Waals surface area contributed by atoms with Gasteiger partial charge >= 0.3 is 0 Å². The van der Waals surface area contributed by atoms with Crippen LogP contribution in [-0.2, 0) is 9.47 Å². The normalized spacial score (nSPS) is 25.5. The van der Waals surface area contributed by atoms with Gasteiger partial charge < -0.3 is 9.47 Å². The van der Waals surface area contributed by atoms with Gasteiger partial charge in [-0.05, 0) is 14.1 Å². The second-order valence-electron chi connectivity index (χ2n) is 3.23. The molecule has 0 aliphatic carbocycles. The topological polar surface area (TPSA) is 24.9 Å². The average Bonchev–Trinajstić information content (AvgIpc) is 2.04.